The summed E-state index contributed by atoms with van der Waals surface area (Å²) in [5.41, 5.74) is 3.25. The number of fused-ring (bicyclic) bond motifs is 2. The average Bonchev–Trinajstić information content (AvgIpc) is 2.96. The number of carbonyl (C=O) groups is 2. The van der Waals surface area contributed by atoms with Crippen molar-refractivity contribution >= 4 is 23.3 Å². The van der Waals surface area contributed by atoms with Gasteiger partial charge in [-0.1, -0.05) is 18.9 Å². The van der Waals surface area contributed by atoms with E-state index in [2.05, 4.69) is 28.6 Å². The largest absolute Gasteiger partial charge is 0.374 e. The molecule has 6 nitrogen and oxygen atoms in total. The number of amides is 3. The summed E-state index contributed by atoms with van der Waals surface area (Å²) in [7, 11) is 2.07. The maximum absolute atomic E-state index is 12.9. The van der Waals surface area contributed by atoms with Crippen LogP contribution in [0.25, 0.3) is 0 Å². The van der Waals surface area contributed by atoms with E-state index in [4.69, 9.17) is 0 Å². The third kappa shape index (κ3) is 2.60. The van der Waals surface area contributed by atoms with Gasteiger partial charge in [0.2, 0.25) is 5.91 Å². The van der Waals surface area contributed by atoms with E-state index in [1.54, 1.807) is 4.90 Å². The van der Waals surface area contributed by atoms with Gasteiger partial charge in [-0.2, -0.15) is 0 Å². The summed E-state index contributed by atoms with van der Waals surface area (Å²) < 4.78 is 0. The minimum absolute atomic E-state index is 0.0497. The zero-order valence-corrected chi connectivity index (χ0v) is 14.0. The number of carbonyl (C=O) groups excluding carboxylic acids is 2. The van der Waals surface area contributed by atoms with Crippen molar-refractivity contribution < 1.29 is 9.59 Å². The summed E-state index contributed by atoms with van der Waals surface area (Å²) in [5.74, 6) is -0.0497. The molecule has 1 saturated carbocycles. The number of likely N-dealkylation sites (N-methyl/N-ethyl adjacent to an activating group) is 1. The summed E-state index contributed by atoms with van der Waals surface area (Å²) >= 11 is 0. The van der Waals surface area contributed by atoms with Gasteiger partial charge in [0.1, 0.15) is 6.54 Å². The molecular weight excluding hydrogens is 304 g/mol. The minimum Gasteiger partial charge on any atom is -0.374 e. The molecular formula is C18H24N4O2. The number of rotatable bonds is 1. The van der Waals surface area contributed by atoms with Crippen LogP contribution in [0.3, 0.4) is 0 Å². The molecule has 0 radical (unpaired) electrons. The molecule has 0 bridgehead atoms. The van der Waals surface area contributed by atoms with Gasteiger partial charge in [0.15, 0.2) is 0 Å². The van der Waals surface area contributed by atoms with Gasteiger partial charge in [0, 0.05) is 36.6 Å². The SMILES string of the molecule is CN1CCc2c(NC(=O)N3CC(=O)N[C@@H]4CCCC[C@H]43)cccc21. The van der Waals surface area contributed by atoms with Gasteiger partial charge < -0.3 is 20.4 Å². The summed E-state index contributed by atoms with van der Waals surface area (Å²) in [5, 5.41) is 6.11. The van der Waals surface area contributed by atoms with Crippen LogP contribution in [0.5, 0.6) is 0 Å². The van der Waals surface area contributed by atoms with E-state index < -0.39 is 0 Å². The molecule has 4 rings (SSSR count). The molecule has 6 heteroatoms. The van der Waals surface area contributed by atoms with Crippen LogP contribution in [0.15, 0.2) is 18.2 Å². The summed E-state index contributed by atoms with van der Waals surface area (Å²) in [4.78, 5) is 28.8. The lowest BCUT2D eigenvalue weighted by Crippen LogP contribution is -2.63. The van der Waals surface area contributed by atoms with E-state index in [0.717, 1.165) is 44.3 Å². The minimum atomic E-state index is -0.148. The van der Waals surface area contributed by atoms with Crippen molar-refractivity contribution in [3.63, 3.8) is 0 Å². The van der Waals surface area contributed by atoms with Crippen LogP contribution < -0.4 is 15.5 Å². The van der Waals surface area contributed by atoms with Crippen molar-refractivity contribution in [2.45, 2.75) is 44.2 Å². The Morgan fingerprint density at radius 1 is 1.29 bits per heavy atom. The van der Waals surface area contributed by atoms with Gasteiger partial charge in [0.05, 0.1) is 6.04 Å². The number of hydrogen-bond donors (Lipinski definition) is 2. The highest BCUT2D eigenvalue weighted by atomic mass is 16.2. The Hall–Kier alpha value is -2.24. The Balaban J connectivity index is 1.55. The van der Waals surface area contributed by atoms with Crippen molar-refractivity contribution in [3.05, 3.63) is 23.8 Å². The molecule has 128 valence electrons. The van der Waals surface area contributed by atoms with Crippen molar-refractivity contribution in [1.82, 2.24) is 10.2 Å². The van der Waals surface area contributed by atoms with Crippen LogP contribution in [0, 0.1) is 0 Å². The van der Waals surface area contributed by atoms with E-state index in [9.17, 15) is 9.59 Å². The molecule has 24 heavy (non-hydrogen) atoms. The predicted molar refractivity (Wildman–Crippen MR) is 93.3 cm³/mol. The maximum atomic E-state index is 12.9. The highest BCUT2D eigenvalue weighted by Crippen LogP contribution is 2.33. The van der Waals surface area contributed by atoms with Crippen molar-refractivity contribution in [3.8, 4) is 0 Å². The molecule has 3 amide bonds. The second kappa shape index (κ2) is 6.00. The number of anilines is 2. The number of urea groups is 1. The Morgan fingerprint density at radius 2 is 2.12 bits per heavy atom. The summed E-state index contributed by atoms with van der Waals surface area (Å²) in [6.45, 7) is 1.13. The Labute approximate surface area is 142 Å². The van der Waals surface area contributed by atoms with E-state index in [1.165, 1.54) is 11.3 Å². The van der Waals surface area contributed by atoms with Crippen molar-refractivity contribution in [2.24, 2.45) is 0 Å². The molecule has 2 N–H and O–H groups in total. The molecule has 3 aliphatic rings. The van der Waals surface area contributed by atoms with Gasteiger partial charge in [-0.15, -0.1) is 0 Å². The second-order valence-corrected chi connectivity index (χ2v) is 7.06. The van der Waals surface area contributed by atoms with Gasteiger partial charge >= 0.3 is 6.03 Å². The Bertz CT molecular complexity index is 675. The topological polar surface area (TPSA) is 64.7 Å². The van der Waals surface area contributed by atoms with Gasteiger partial charge in [-0.05, 0) is 31.4 Å². The summed E-state index contributed by atoms with van der Waals surface area (Å²) in [6.07, 6.45) is 5.11. The Kier molecular flexibility index (Phi) is 3.82. The van der Waals surface area contributed by atoms with Gasteiger partial charge in [0.25, 0.3) is 0 Å². The van der Waals surface area contributed by atoms with Crippen LogP contribution in [-0.2, 0) is 11.2 Å². The van der Waals surface area contributed by atoms with Crippen molar-refractivity contribution in [2.75, 3.05) is 30.4 Å². The van der Waals surface area contributed by atoms with Crippen LogP contribution in [0.4, 0.5) is 16.2 Å². The first kappa shape index (κ1) is 15.3. The molecule has 2 atom stereocenters. The number of hydrogen-bond acceptors (Lipinski definition) is 3. The van der Waals surface area contributed by atoms with Crippen molar-refractivity contribution in [1.29, 1.82) is 0 Å². The quantitative estimate of drug-likeness (QED) is 0.828. The molecule has 1 aliphatic carbocycles. The highest BCUT2D eigenvalue weighted by molar-refractivity contribution is 5.95. The van der Waals surface area contributed by atoms with Crippen LogP contribution in [-0.4, -0.2) is 49.1 Å². The standard InChI is InChI=1S/C18H24N4O2/c1-21-10-9-12-13(6-4-8-15(12)21)20-18(24)22-11-17(23)19-14-5-2-3-7-16(14)22/h4,6,8,14,16H,2-3,5,7,9-11H2,1H3,(H,19,23)(H,20,24)/t14-,16-/m1/s1. The lowest BCUT2D eigenvalue weighted by Gasteiger charge is -2.43. The number of nitrogens with zero attached hydrogens (tertiary/aromatic N) is 2. The molecule has 1 aromatic carbocycles. The van der Waals surface area contributed by atoms with E-state index in [-0.39, 0.29) is 30.6 Å². The molecule has 0 aromatic heterocycles. The third-order valence-corrected chi connectivity index (χ3v) is 5.55. The van der Waals surface area contributed by atoms with Crippen LogP contribution >= 0.6 is 0 Å². The molecule has 0 spiro atoms. The zero-order chi connectivity index (χ0) is 16.7. The van der Waals surface area contributed by atoms with E-state index in [1.807, 2.05) is 12.1 Å². The zero-order valence-electron chi connectivity index (χ0n) is 14.0. The lowest BCUT2D eigenvalue weighted by molar-refractivity contribution is -0.126. The van der Waals surface area contributed by atoms with Gasteiger partial charge in [-0.3, -0.25) is 4.79 Å². The monoisotopic (exact) mass is 328 g/mol. The van der Waals surface area contributed by atoms with E-state index in [0.29, 0.717) is 0 Å². The number of piperazine rings is 1. The normalized spacial score (nSPS) is 25.8. The molecule has 2 heterocycles. The summed E-state index contributed by atoms with van der Waals surface area (Å²) in [6, 6.07) is 6.10. The first-order chi connectivity index (χ1) is 11.6. The third-order valence-electron chi connectivity index (χ3n) is 5.55. The van der Waals surface area contributed by atoms with E-state index >= 15 is 0 Å². The fourth-order valence-electron chi connectivity index (χ4n) is 4.30. The molecule has 1 aromatic rings. The fraction of sp³-hybridized carbons (Fsp3) is 0.556. The molecule has 2 fully saturated rings. The Morgan fingerprint density at radius 3 is 3.00 bits per heavy atom. The fourth-order valence-corrected chi connectivity index (χ4v) is 4.30. The molecule has 1 saturated heterocycles. The van der Waals surface area contributed by atoms with Crippen LogP contribution in [0.1, 0.15) is 31.2 Å². The number of nitrogens with one attached hydrogen (secondary N) is 2. The number of benzene rings is 1. The molecule has 0 unspecified atom stereocenters. The maximum Gasteiger partial charge on any atom is 0.322 e. The second-order valence-electron chi connectivity index (χ2n) is 7.06. The predicted octanol–water partition coefficient (Wildman–Crippen LogP) is 1.95. The lowest BCUT2D eigenvalue weighted by atomic mass is 9.87. The first-order valence-electron chi connectivity index (χ1n) is 8.83. The molecule has 2 aliphatic heterocycles. The van der Waals surface area contributed by atoms with Crippen LogP contribution in [0.2, 0.25) is 0 Å². The average molecular weight is 328 g/mol. The first-order valence-corrected chi connectivity index (χ1v) is 8.83. The highest BCUT2D eigenvalue weighted by Gasteiger charge is 2.39. The van der Waals surface area contributed by atoms with Gasteiger partial charge in [-0.25, -0.2) is 4.79 Å². The smallest absolute Gasteiger partial charge is 0.322 e.